The zero-order valence-corrected chi connectivity index (χ0v) is 6.16. The van der Waals surface area contributed by atoms with E-state index >= 15 is 0 Å². The Morgan fingerprint density at radius 1 is 1.78 bits per heavy atom. The molecule has 1 heterocycles. The largest absolute Gasteiger partial charge is 0.364 e. The molecule has 1 aromatic rings. The van der Waals surface area contributed by atoms with Crippen LogP contribution in [0.2, 0.25) is 0 Å². The van der Waals surface area contributed by atoms with Gasteiger partial charge in [0.2, 0.25) is 0 Å². The van der Waals surface area contributed by atoms with E-state index in [9.17, 15) is 0 Å². The first-order valence-corrected chi connectivity index (χ1v) is 3.64. The lowest BCUT2D eigenvalue weighted by Gasteiger charge is -1.89. The van der Waals surface area contributed by atoms with Gasteiger partial charge in [0.05, 0.1) is 0 Å². The van der Waals surface area contributed by atoms with Crippen molar-refractivity contribution in [3.8, 4) is 0 Å². The van der Waals surface area contributed by atoms with Crippen LogP contribution in [0.1, 0.15) is 5.69 Å². The van der Waals surface area contributed by atoms with Crippen molar-refractivity contribution in [2.75, 3.05) is 0 Å². The van der Waals surface area contributed by atoms with Crippen LogP contribution in [0.25, 0.3) is 0 Å². The van der Waals surface area contributed by atoms with Gasteiger partial charge in [-0.1, -0.05) is 18.3 Å². The van der Waals surface area contributed by atoms with Gasteiger partial charge < -0.3 is 4.98 Å². The fraction of sp³-hybridized carbons (Fsp3) is 0.143. The third-order valence-corrected chi connectivity index (χ3v) is 1.98. The average Bonchev–Trinajstić information content (AvgIpc) is 2.18. The van der Waals surface area contributed by atoms with Crippen molar-refractivity contribution in [3.63, 3.8) is 0 Å². The summed E-state index contributed by atoms with van der Waals surface area (Å²) >= 11 is 1.64. The zero-order valence-electron chi connectivity index (χ0n) is 5.35. The normalized spacial score (nSPS) is 9.44. The lowest BCUT2D eigenvalue weighted by Crippen LogP contribution is -1.68. The molecule has 0 aliphatic heterocycles. The molecule has 0 aliphatic carbocycles. The van der Waals surface area contributed by atoms with Crippen molar-refractivity contribution < 1.29 is 0 Å². The predicted molar refractivity (Wildman–Crippen MR) is 41.6 cm³/mol. The molecule has 48 valence electrons. The van der Waals surface area contributed by atoms with E-state index in [4.69, 9.17) is 0 Å². The van der Waals surface area contributed by atoms with Crippen LogP contribution < -0.4 is 0 Å². The molecule has 0 saturated carbocycles. The molecule has 1 N–H and O–H groups in total. The van der Waals surface area contributed by atoms with E-state index in [-0.39, 0.29) is 0 Å². The van der Waals surface area contributed by atoms with E-state index in [1.54, 1.807) is 11.8 Å². The SMILES string of the molecule is C=CSc1cc[nH]c1C. The molecule has 0 aliphatic rings. The van der Waals surface area contributed by atoms with Crippen molar-refractivity contribution in [1.82, 2.24) is 4.98 Å². The molecule has 0 aromatic carbocycles. The van der Waals surface area contributed by atoms with Gasteiger partial charge in [0.25, 0.3) is 0 Å². The second kappa shape index (κ2) is 2.78. The topological polar surface area (TPSA) is 15.8 Å². The third-order valence-electron chi connectivity index (χ3n) is 1.11. The number of aromatic nitrogens is 1. The number of nitrogens with one attached hydrogen (secondary N) is 1. The molecule has 0 atom stereocenters. The van der Waals surface area contributed by atoms with Crippen LogP contribution in [0.4, 0.5) is 0 Å². The molecule has 0 amide bonds. The summed E-state index contributed by atoms with van der Waals surface area (Å²) in [5, 5.41) is 1.83. The van der Waals surface area contributed by atoms with Crippen LogP contribution in [0.15, 0.2) is 29.1 Å². The van der Waals surface area contributed by atoms with Crippen LogP contribution in [0.3, 0.4) is 0 Å². The van der Waals surface area contributed by atoms with Crippen molar-refractivity contribution in [2.45, 2.75) is 11.8 Å². The number of rotatable bonds is 2. The molecular formula is C7H9NS. The first-order chi connectivity index (χ1) is 4.34. The first kappa shape index (κ1) is 6.49. The summed E-state index contributed by atoms with van der Waals surface area (Å²) in [6, 6.07) is 2.04. The summed E-state index contributed by atoms with van der Waals surface area (Å²) in [6.45, 7) is 5.67. The summed E-state index contributed by atoms with van der Waals surface area (Å²) < 4.78 is 0. The minimum absolute atomic E-state index is 1.21. The van der Waals surface area contributed by atoms with Crippen molar-refractivity contribution in [1.29, 1.82) is 0 Å². The van der Waals surface area contributed by atoms with Crippen LogP contribution in [-0.4, -0.2) is 4.98 Å². The van der Waals surface area contributed by atoms with E-state index in [1.807, 2.05) is 24.6 Å². The molecule has 0 saturated heterocycles. The molecule has 2 heteroatoms. The quantitative estimate of drug-likeness (QED) is 0.622. The first-order valence-electron chi connectivity index (χ1n) is 2.76. The van der Waals surface area contributed by atoms with Crippen molar-refractivity contribution >= 4 is 11.8 Å². The van der Waals surface area contributed by atoms with Gasteiger partial charge in [-0.25, -0.2) is 0 Å². The number of thioether (sulfide) groups is 1. The Bertz CT molecular complexity index is 202. The van der Waals surface area contributed by atoms with E-state index < -0.39 is 0 Å². The standard InChI is InChI=1S/C7H9NS/c1-3-9-7-4-5-8-6(7)2/h3-5,8H,1H2,2H3. The highest BCUT2D eigenvalue weighted by molar-refractivity contribution is 8.02. The molecular weight excluding hydrogens is 130 g/mol. The van der Waals surface area contributed by atoms with Gasteiger partial charge in [0.15, 0.2) is 0 Å². The fourth-order valence-electron chi connectivity index (χ4n) is 0.656. The summed E-state index contributed by atoms with van der Waals surface area (Å²) in [6.07, 6.45) is 1.93. The average molecular weight is 139 g/mol. The lowest BCUT2D eigenvalue weighted by atomic mass is 10.5. The Kier molecular flexibility index (Phi) is 2.01. The highest BCUT2D eigenvalue weighted by Gasteiger charge is 1.93. The highest BCUT2D eigenvalue weighted by Crippen LogP contribution is 2.20. The van der Waals surface area contributed by atoms with E-state index in [0.29, 0.717) is 0 Å². The smallest absolute Gasteiger partial charge is 0.0320 e. The van der Waals surface area contributed by atoms with E-state index in [2.05, 4.69) is 11.6 Å². The maximum atomic E-state index is 3.63. The van der Waals surface area contributed by atoms with Gasteiger partial charge in [-0.2, -0.15) is 0 Å². The molecule has 1 rings (SSSR count). The molecule has 1 aromatic heterocycles. The van der Waals surface area contributed by atoms with Gasteiger partial charge >= 0.3 is 0 Å². The van der Waals surface area contributed by atoms with E-state index in [0.717, 1.165) is 0 Å². The Morgan fingerprint density at radius 2 is 2.56 bits per heavy atom. The predicted octanol–water partition coefficient (Wildman–Crippen LogP) is 2.56. The maximum Gasteiger partial charge on any atom is 0.0320 e. The van der Waals surface area contributed by atoms with Crippen molar-refractivity contribution in [3.05, 3.63) is 29.9 Å². The van der Waals surface area contributed by atoms with E-state index in [1.165, 1.54) is 10.6 Å². The number of H-pyrrole nitrogens is 1. The molecule has 0 radical (unpaired) electrons. The van der Waals surface area contributed by atoms with Crippen LogP contribution in [0, 0.1) is 6.92 Å². The lowest BCUT2D eigenvalue weighted by molar-refractivity contribution is 1.21. The molecule has 1 nitrogen and oxygen atoms in total. The van der Waals surface area contributed by atoms with Gasteiger partial charge in [-0.05, 0) is 18.4 Å². The molecule has 0 spiro atoms. The summed E-state index contributed by atoms with van der Waals surface area (Å²) in [5.41, 5.74) is 1.21. The van der Waals surface area contributed by atoms with Crippen LogP contribution in [0.5, 0.6) is 0 Å². The van der Waals surface area contributed by atoms with Gasteiger partial charge in [-0.15, -0.1) is 0 Å². The number of hydrogen-bond donors (Lipinski definition) is 1. The van der Waals surface area contributed by atoms with Gasteiger partial charge in [0, 0.05) is 16.8 Å². The van der Waals surface area contributed by atoms with Crippen molar-refractivity contribution in [2.24, 2.45) is 0 Å². The van der Waals surface area contributed by atoms with Gasteiger partial charge in [-0.3, -0.25) is 0 Å². The molecule has 9 heavy (non-hydrogen) atoms. The summed E-state index contributed by atoms with van der Waals surface area (Å²) in [5.74, 6) is 0. The molecule has 0 unspecified atom stereocenters. The zero-order chi connectivity index (χ0) is 6.69. The Balaban J connectivity index is 2.80. The van der Waals surface area contributed by atoms with Crippen LogP contribution >= 0.6 is 11.8 Å². The number of aryl methyl sites for hydroxylation is 1. The molecule has 0 fully saturated rings. The minimum atomic E-state index is 1.21. The minimum Gasteiger partial charge on any atom is -0.364 e. The Labute approximate surface area is 59.2 Å². The highest BCUT2D eigenvalue weighted by atomic mass is 32.2. The van der Waals surface area contributed by atoms with Gasteiger partial charge in [0.1, 0.15) is 0 Å². The second-order valence-electron chi connectivity index (χ2n) is 1.75. The monoisotopic (exact) mass is 139 g/mol. The maximum absolute atomic E-state index is 3.63. The van der Waals surface area contributed by atoms with Crippen LogP contribution in [-0.2, 0) is 0 Å². The number of aromatic amines is 1. The number of hydrogen-bond acceptors (Lipinski definition) is 1. The fourth-order valence-corrected chi connectivity index (χ4v) is 1.22. The second-order valence-corrected chi connectivity index (χ2v) is 2.76. The summed E-state index contributed by atoms with van der Waals surface area (Å²) in [4.78, 5) is 4.34. The molecule has 0 bridgehead atoms. The third kappa shape index (κ3) is 1.39. The summed E-state index contributed by atoms with van der Waals surface area (Å²) in [7, 11) is 0. The Hall–Kier alpha value is -0.630. The Morgan fingerprint density at radius 3 is 3.00 bits per heavy atom.